The van der Waals surface area contributed by atoms with E-state index in [-0.39, 0.29) is 0 Å². The Bertz CT molecular complexity index is 142. The van der Waals surface area contributed by atoms with E-state index in [1.165, 1.54) is 12.8 Å². The molecule has 1 aliphatic heterocycles. The lowest BCUT2D eigenvalue weighted by molar-refractivity contribution is 0.0877. The Morgan fingerprint density at radius 1 is 1.00 bits per heavy atom. The fraction of sp³-hybridized carbons (Fsp3) is 1.00. The van der Waals surface area contributed by atoms with Crippen LogP contribution in [0.15, 0.2) is 0 Å². The second-order valence-corrected chi connectivity index (χ2v) is 4.42. The molecule has 1 N–H and O–H groups in total. The first-order chi connectivity index (χ1) is 5.81. The van der Waals surface area contributed by atoms with Gasteiger partial charge in [0.2, 0.25) is 0 Å². The van der Waals surface area contributed by atoms with Gasteiger partial charge in [-0.2, -0.15) is 0 Å². The summed E-state index contributed by atoms with van der Waals surface area (Å²) in [6.07, 6.45) is 5.97. The van der Waals surface area contributed by atoms with Crippen LogP contribution >= 0.6 is 0 Å². The molecular formula is C10H18FN. The van der Waals surface area contributed by atoms with Crippen molar-refractivity contribution in [1.82, 2.24) is 5.32 Å². The highest BCUT2D eigenvalue weighted by molar-refractivity contribution is 4.89. The molecule has 1 aliphatic carbocycles. The number of hydrogen-bond acceptors (Lipinski definition) is 1. The van der Waals surface area contributed by atoms with Gasteiger partial charge in [0.1, 0.15) is 6.17 Å². The quantitative estimate of drug-likeness (QED) is 0.589. The zero-order valence-corrected chi connectivity index (χ0v) is 7.61. The predicted octanol–water partition coefficient (Wildman–Crippen LogP) is 2.27. The third-order valence-electron chi connectivity index (χ3n) is 3.64. The summed E-state index contributed by atoms with van der Waals surface area (Å²) < 4.78 is 12.9. The smallest absolute Gasteiger partial charge is 0.100 e. The molecule has 1 saturated carbocycles. The second-order valence-electron chi connectivity index (χ2n) is 4.42. The monoisotopic (exact) mass is 171 g/mol. The van der Waals surface area contributed by atoms with Crippen molar-refractivity contribution in [2.24, 2.45) is 5.41 Å². The molecule has 0 amide bonds. The standard InChI is InChI=1S/C10H18FN/c11-9-1-3-10(4-2-9)5-7-12-8-6-10/h9,12H,1-8H2. The van der Waals surface area contributed by atoms with Crippen LogP contribution in [-0.4, -0.2) is 19.3 Å². The molecule has 1 saturated heterocycles. The van der Waals surface area contributed by atoms with Crippen LogP contribution in [0.25, 0.3) is 0 Å². The van der Waals surface area contributed by atoms with Gasteiger partial charge in [-0.15, -0.1) is 0 Å². The average Bonchev–Trinajstić information content (AvgIpc) is 2.13. The summed E-state index contributed by atoms with van der Waals surface area (Å²) in [5, 5.41) is 3.37. The van der Waals surface area contributed by atoms with Crippen LogP contribution in [0.5, 0.6) is 0 Å². The van der Waals surface area contributed by atoms with Gasteiger partial charge in [-0.3, -0.25) is 0 Å². The molecular weight excluding hydrogens is 153 g/mol. The van der Waals surface area contributed by atoms with Crippen LogP contribution in [0.3, 0.4) is 0 Å². The minimum Gasteiger partial charge on any atom is -0.317 e. The summed E-state index contributed by atoms with van der Waals surface area (Å²) in [6, 6.07) is 0. The summed E-state index contributed by atoms with van der Waals surface area (Å²) in [7, 11) is 0. The van der Waals surface area contributed by atoms with Crippen LogP contribution < -0.4 is 5.32 Å². The van der Waals surface area contributed by atoms with E-state index < -0.39 is 6.17 Å². The van der Waals surface area contributed by atoms with Gasteiger partial charge < -0.3 is 5.32 Å². The van der Waals surface area contributed by atoms with Crippen molar-refractivity contribution in [2.75, 3.05) is 13.1 Å². The van der Waals surface area contributed by atoms with Crippen molar-refractivity contribution in [1.29, 1.82) is 0 Å². The topological polar surface area (TPSA) is 12.0 Å². The fourth-order valence-corrected chi connectivity index (χ4v) is 2.65. The number of rotatable bonds is 0. The molecule has 1 nitrogen and oxygen atoms in total. The Hall–Kier alpha value is -0.110. The maximum Gasteiger partial charge on any atom is 0.100 e. The van der Waals surface area contributed by atoms with E-state index in [1.54, 1.807) is 0 Å². The third-order valence-corrected chi connectivity index (χ3v) is 3.64. The Kier molecular flexibility index (Phi) is 2.35. The van der Waals surface area contributed by atoms with E-state index in [4.69, 9.17) is 0 Å². The maximum atomic E-state index is 12.9. The van der Waals surface area contributed by atoms with Gasteiger partial charge in [0.05, 0.1) is 0 Å². The minimum absolute atomic E-state index is 0.495. The first kappa shape index (κ1) is 8.49. The Labute approximate surface area is 73.7 Å². The summed E-state index contributed by atoms with van der Waals surface area (Å²) in [6.45, 7) is 2.30. The Morgan fingerprint density at radius 3 is 2.17 bits per heavy atom. The van der Waals surface area contributed by atoms with Crippen molar-refractivity contribution >= 4 is 0 Å². The zero-order valence-electron chi connectivity index (χ0n) is 7.61. The number of halogens is 1. The first-order valence-corrected chi connectivity index (χ1v) is 5.16. The van der Waals surface area contributed by atoms with Crippen LogP contribution in [0, 0.1) is 5.41 Å². The summed E-state index contributed by atoms with van der Waals surface area (Å²) in [4.78, 5) is 0. The average molecular weight is 171 g/mol. The number of hydrogen-bond donors (Lipinski definition) is 1. The Balaban J connectivity index is 1.92. The molecule has 2 fully saturated rings. The molecule has 0 aromatic heterocycles. The fourth-order valence-electron chi connectivity index (χ4n) is 2.65. The number of alkyl halides is 1. The van der Waals surface area contributed by atoms with Crippen LogP contribution in [0.1, 0.15) is 38.5 Å². The van der Waals surface area contributed by atoms with Gasteiger partial charge in [0, 0.05) is 0 Å². The van der Waals surface area contributed by atoms with Crippen LogP contribution in [0.4, 0.5) is 4.39 Å². The molecule has 1 spiro atoms. The summed E-state index contributed by atoms with van der Waals surface area (Å²) in [5.74, 6) is 0. The molecule has 0 unspecified atom stereocenters. The van der Waals surface area contributed by atoms with E-state index in [1.807, 2.05) is 0 Å². The van der Waals surface area contributed by atoms with E-state index >= 15 is 0 Å². The highest BCUT2D eigenvalue weighted by atomic mass is 19.1. The number of nitrogens with one attached hydrogen (secondary N) is 1. The normalized spacial score (nSPS) is 30.8. The van der Waals surface area contributed by atoms with Crippen molar-refractivity contribution < 1.29 is 4.39 Å². The van der Waals surface area contributed by atoms with Crippen LogP contribution in [0.2, 0.25) is 0 Å². The first-order valence-electron chi connectivity index (χ1n) is 5.16. The van der Waals surface area contributed by atoms with Gasteiger partial charge in [-0.25, -0.2) is 4.39 Å². The van der Waals surface area contributed by atoms with Crippen molar-refractivity contribution in [3.63, 3.8) is 0 Å². The van der Waals surface area contributed by atoms with Crippen molar-refractivity contribution in [2.45, 2.75) is 44.7 Å². The van der Waals surface area contributed by atoms with Gasteiger partial charge in [-0.1, -0.05) is 0 Å². The second kappa shape index (κ2) is 3.33. The minimum atomic E-state index is -0.495. The predicted molar refractivity (Wildman–Crippen MR) is 47.9 cm³/mol. The molecule has 1 heterocycles. The molecule has 70 valence electrons. The molecule has 0 bridgehead atoms. The maximum absolute atomic E-state index is 12.9. The van der Waals surface area contributed by atoms with E-state index in [0.29, 0.717) is 5.41 Å². The molecule has 12 heavy (non-hydrogen) atoms. The van der Waals surface area contributed by atoms with E-state index in [0.717, 1.165) is 38.8 Å². The van der Waals surface area contributed by atoms with E-state index in [9.17, 15) is 4.39 Å². The van der Waals surface area contributed by atoms with Gasteiger partial charge >= 0.3 is 0 Å². The molecule has 0 atom stereocenters. The van der Waals surface area contributed by atoms with Gasteiger partial charge in [-0.05, 0) is 57.0 Å². The highest BCUT2D eigenvalue weighted by Gasteiger charge is 2.35. The Morgan fingerprint density at radius 2 is 1.58 bits per heavy atom. The van der Waals surface area contributed by atoms with Gasteiger partial charge in [0.15, 0.2) is 0 Å². The van der Waals surface area contributed by atoms with Crippen LogP contribution in [-0.2, 0) is 0 Å². The van der Waals surface area contributed by atoms with E-state index in [2.05, 4.69) is 5.32 Å². The lowest BCUT2D eigenvalue weighted by Crippen LogP contribution is -2.39. The van der Waals surface area contributed by atoms with Crippen molar-refractivity contribution in [3.8, 4) is 0 Å². The summed E-state index contributed by atoms with van der Waals surface area (Å²) >= 11 is 0. The molecule has 2 heteroatoms. The number of piperidine rings is 1. The molecule has 0 aromatic carbocycles. The molecule has 2 aliphatic rings. The SMILES string of the molecule is FC1CCC2(CCNCC2)CC1. The largest absolute Gasteiger partial charge is 0.317 e. The zero-order chi connectivity index (χ0) is 8.44. The lowest BCUT2D eigenvalue weighted by Gasteiger charge is -2.41. The summed E-state index contributed by atoms with van der Waals surface area (Å²) in [5.41, 5.74) is 0.536. The lowest BCUT2D eigenvalue weighted by atomic mass is 9.68. The third kappa shape index (κ3) is 1.63. The van der Waals surface area contributed by atoms with Crippen molar-refractivity contribution in [3.05, 3.63) is 0 Å². The highest BCUT2D eigenvalue weighted by Crippen LogP contribution is 2.43. The molecule has 2 rings (SSSR count). The molecule has 0 aromatic rings. The van der Waals surface area contributed by atoms with Gasteiger partial charge in [0.25, 0.3) is 0 Å². The molecule has 0 radical (unpaired) electrons.